The SMILES string of the molecule is CC(C)OC(=O)OCOP(=O)(O/C=C1/O[C@@H](n2ccc(=O)[nH]c2=O)[C@](C)(O)[C@@]1(O)CCCl)OCOC(=O)OC(C)C. The number of aliphatic hydroxyl groups is 2. The Bertz CT molecular complexity index is 1230. The first-order chi connectivity index (χ1) is 19.0. The number of alkyl halides is 1. The van der Waals surface area contributed by atoms with E-state index in [-0.39, 0.29) is 12.3 Å². The van der Waals surface area contributed by atoms with Crippen molar-refractivity contribution in [1.82, 2.24) is 9.55 Å². The van der Waals surface area contributed by atoms with Crippen molar-refractivity contribution in [3.8, 4) is 0 Å². The summed E-state index contributed by atoms with van der Waals surface area (Å²) >= 11 is 5.83. The van der Waals surface area contributed by atoms with Crippen molar-refractivity contribution in [2.75, 3.05) is 19.5 Å². The number of nitrogens with zero attached hydrogens (tertiary/aromatic N) is 1. The number of carbonyl (C=O) groups is 2. The molecule has 0 saturated carbocycles. The van der Waals surface area contributed by atoms with Gasteiger partial charge in [-0.1, -0.05) is 0 Å². The zero-order chi connectivity index (χ0) is 31.0. The number of aromatic nitrogens is 2. The van der Waals surface area contributed by atoms with Gasteiger partial charge in [-0.15, -0.1) is 11.6 Å². The van der Waals surface area contributed by atoms with E-state index in [0.717, 1.165) is 23.8 Å². The quantitative estimate of drug-likeness (QED) is 0.0934. The number of phosphoric ester groups is 1. The summed E-state index contributed by atoms with van der Waals surface area (Å²) in [5.74, 6) is -0.818. The molecule has 0 radical (unpaired) electrons. The van der Waals surface area contributed by atoms with Gasteiger partial charge in [-0.25, -0.2) is 28.0 Å². The van der Waals surface area contributed by atoms with Crippen molar-refractivity contribution in [3.05, 3.63) is 45.1 Å². The summed E-state index contributed by atoms with van der Waals surface area (Å²) in [5, 5.41) is 22.6. The van der Waals surface area contributed by atoms with Crippen molar-refractivity contribution in [3.63, 3.8) is 0 Å². The number of rotatable bonds is 13. The highest BCUT2D eigenvalue weighted by molar-refractivity contribution is 7.48. The van der Waals surface area contributed by atoms with E-state index in [1.807, 2.05) is 4.98 Å². The minimum atomic E-state index is -4.84. The molecule has 1 fully saturated rings. The third-order valence-electron chi connectivity index (χ3n) is 5.25. The van der Waals surface area contributed by atoms with Crippen LogP contribution in [0.25, 0.3) is 0 Å². The fraction of sp³-hybridized carbons (Fsp3) is 0.636. The topological polar surface area (TPSA) is 220 Å². The molecular formula is C22H32ClN2O15P. The van der Waals surface area contributed by atoms with Gasteiger partial charge in [0.25, 0.3) is 5.56 Å². The van der Waals surface area contributed by atoms with Crippen LogP contribution in [0.2, 0.25) is 0 Å². The van der Waals surface area contributed by atoms with Crippen LogP contribution in [0.3, 0.4) is 0 Å². The molecule has 2 rings (SSSR count). The van der Waals surface area contributed by atoms with Gasteiger partial charge < -0.3 is 38.4 Å². The van der Waals surface area contributed by atoms with Crippen molar-refractivity contribution >= 4 is 31.7 Å². The Morgan fingerprint density at radius 2 is 1.66 bits per heavy atom. The van der Waals surface area contributed by atoms with Crippen LogP contribution in [0.1, 0.15) is 47.3 Å². The zero-order valence-corrected chi connectivity index (χ0v) is 24.4. The first-order valence-corrected chi connectivity index (χ1v) is 14.0. The first-order valence-electron chi connectivity index (χ1n) is 12.0. The largest absolute Gasteiger partial charge is 0.535 e. The minimum absolute atomic E-state index is 0.233. The highest BCUT2D eigenvalue weighted by Gasteiger charge is 2.63. The van der Waals surface area contributed by atoms with Gasteiger partial charge in [-0.3, -0.25) is 14.3 Å². The van der Waals surface area contributed by atoms with Crippen LogP contribution in [-0.4, -0.2) is 75.0 Å². The summed E-state index contributed by atoms with van der Waals surface area (Å²) in [6.07, 6.45) is -3.88. The second-order valence-electron chi connectivity index (χ2n) is 9.08. The summed E-state index contributed by atoms with van der Waals surface area (Å²) < 4.78 is 53.4. The number of hydrogen-bond acceptors (Lipinski definition) is 15. The Labute approximate surface area is 238 Å². The number of H-pyrrole nitrogens is 1. The summed E-state index contributed by atoms with van der Waals surface area (Å²) in [6, 6.07) is 0.976. The Balaban J connectivity index is 2.34. The van der Waals surface area contributed by atoms with Gasteiger partial charge >= 0.3 is 25.8 Å². The average Bonchev–Trinajstić information content (AvgIpc) is 3.02. The van der Waals surface area contributed by atoms with Gasteiger partial charge in [0.1, 0.15) is 6.26 Å². The predicted octanol–water partition coefficient (Wildman–Crippen LogP) is 2.21. The molecule has 1 aromatic rings. The van der Waals surface area contributed by atoms with Crippen LogP contribution in [0.4, 0.5) is 9.59 Å². The smallest absolute Gasteiger partial charge is 0.465 e. The second kappa shape index (κ2) is 14.2. The van der Waals surface area contributed by atoms with E-state index < -0.39 is 80.4 Å². The summed E-state index contributed by atoms with van der Waals surface area (Å²) in [6.45, 7) is 5.26. The molecule has 1 aromatic heterocycles. The van der Waals surface area contributed by atoms with E-state index >= 15 is 0 Å². The number of halogens is 1. The molecule has 2 heterocycles. The zero-order valence-electron chi connectivity index (χ0n) is 22.8. The normalized spacial score (nSPS) is 23.4. The van der Waals surface area contributed by atoms with Crippen LogP contribution in [0.5, 0.6) is 0 Å². The molecule has 0 bridgehead atoms. The summed E-state index contributed by atoms with van der Waals surface area (Å²) in [5.41, 5.74) is -6.34. The van der Waals surface area contributed by atoms with Crippen LogP contribution < -0.4 is 11.2 Å². The molecule has 0 aromatic carbocycles. The molecule has 0 spiro atoms. The van der Waals surface area contributed by atoms with Gasteiger partial charge in [0, 0.05) is 24.6 Å². The van der Waals surface area contributed by atoms with E-state index in [1.54, 1.807) is 27.7 Å². The maximum Gasteiger partial charge on any atom is 0.535 e. The van der Waals surface area contributed by atoms with Crippen LogP contribution in [-0.2, 0) is 41.8 Å². The molecule has 3 N–H and O–H groups in total. The van der Waals surface area contributed by atoms with Crippen LogP contribution in [0, 0.1) is 0 Å². The van der Waals surface area contributed by atoms with Crippen molar-refractivity contribution < 1.29 is 61.6 Å². The lowest BCUT2D eigenvalue weighted by atomic mass is 9.82. The molecule has 17 nitrogen and oxygen atoms in total. The molecular weight excluding hydrogens is 599 g/mol. The standard InChI is InChI=1S/C22H32ClN2O15P/c1-13(2)38-19(28)33-11-36-41(32,37-12-34-20(29)39-14(3)4)35-10-15-22(31,7-8-23)21(5,30)17(40-15)25-9-6-16(26)24-18(25)27/h6,9-10,13-14,17,30-31H,7-8,11-12H2,1-5H3,(H,24,26,27)/b15-10+/t17-,21+,22-/m1/s1. The molecule has 19 heteroatoms. The van der Waals surface area contributed by atoms with Crippen molar-refractivity contribution in [2.45, 2.75) is 70.7 Å². The monoisotopic (exact) mass is 630 g/mol. The fourth-order valence-corrected chi connectivity index (χ4v) is 4.36. The third kappa shape index (κ3) is 8.95. The number of nitrogens with one attached hydrogen (secondary N) is 1. The molecule has 41 heavy (non-hydrogen) atoms. The molecule has 0 unspecified atom stereocenters. The third-order valence-corrected chi connectivity index (χ3v) is 6.65. The minimum Gasteiger partial charge on any atom is -0.465 e. The molecule has 232 valence electrons. The lowest BCUT2D eigenvalue weighted by Gasteiger charge is -2.34. The van der Waals surface area contributed by atoms with Gasteiger partial charge in [0.2, 0.25) is 19.8 Å². The van der Waals surface area contributed by atoms with Gasteiger partial charge in [0.15, 0.2) is 17.0 Å². The molecule has 1 saturated heterocycles. The fourth-order valence-electron chi connectivity index (χ4n) is 3.31. The maximum atomic E-state index is 13.3. The van der Waals surface area contributed by atoms with Gasteiger partial charge in [-0.2, -0.15) is 0 Å². The lowest BCUT2D eigenvalue weighted by Crippen LogP contribution is -2.54. The molecule has 0 aliphatic carbocycles. The predicted molar refractivity (Wildman–Crippen MR) is 136 cm³/mol. The highest BCUT2D eigenvalue weighted by atomic mass is 35.5. The lowest BCUT2D eigenvalue weighted by molar-refractivity contribution is -0.139. The number of phosphoric acid groups is 1. The van der Waals surface area contributed by atoms with E-state index in [1.165, 1.54) is 0 Å². The van der Waals surface area contributed by atoms with E-state index in [9.17, 15) is 34.0 Å². The Morgan fingerprint density at radius 3 is 2.12 bits per heavy atom. The first kappa shape index (κ1) is 34.1. The Hall–Kier alpha value is -3.08. The number of hydrogen-bond donors (Lipinski definition) is 3. The highest BCUT2D eigenvalue weighted by Crippen LogP contribution is 2.53. The number of carbonyl (C=O) groups excluding carboxylic acids is 2. The molecule has 0 amide bonds. The average molecular weight is 631 g/mol. The summed E-state index contributed by atoms with van der Waals surface area (Å²) in [7, 11) is -4.84. The number of aromatic amines is 1. The number of ether oxygens (including phenoxy) is 5. The summed E-state index contributed by atoms with van der Waals surface area (Å²) in [4.78, 5) is 49.1. The van der Waals surface area contributed by atoms with Crippen LogP contribution >= 0.6 is 19.4 Å². The van der Waals surface area contributed by atoms with E-state index in [4.69, 9.17) is 39.4 Å². The van der Waals surface area contributed by atoms with Crippen molar-refractivity contribution in [2.24, 2.45) is 0 Å². The van der Waals surface area contributed by atoms with E-state index in [2.05, 4.69) is 9.47 Å². The Morgan fingerprint density at radius 1 is 1.12 bits per heavy atom. The maximum absolute atomic E-state index is 13.3. The van der Waals surface area contributed by atoms with Gasteiger partial charge in [-0.05, 0) is 34.6 Å². The molecule has 1 aliphatic heterocycles. The van der Waals surface area contributed by atoms with Crippen molar-refractivity contribution in [1.29, 1.82) is 0 Å². The molecule has 1 aliphatic rings. The van der Waals surface area contributed by atoms with Crippen LogP contribution in [0.15, 0.2) is 33.9 Å². The Kier molecular flexibility index (Phi) is 11.8. The molecule has 3 atom stereocenters. The van der Waals surface area contributed by atoms with Gasteiger partial charge in [0.05, 0.1) is 12.2 Å². The van der Waals surface area contributed by atoms with E-state index in [0.29, 0.717) is 6.26 Å². The second-order valence-corrected chi connectivity index (χ2v) is 11.1.